The summed E-state index contributed by atoms with van der Waals surface area (Å²) >= 11 is 0. The first-order chi connectivity index (χ1) is 9.55. The third-order valence-electron chi connectivity index (χ3n) is 2.66. The number of aryl methyl sites for hydroxylation is 1. The van der Waals surface area contributed by atoms with Gasteiger partial charge in [-0.25, -0.2) is 18.6 Å². The maximum absolute atomic E-state index is 13.2. The lowest BCUT2D eigenvalue weighted by Crippen LogP contribution is -2.03. The molecule has 0 bridgehead atoms. The van der Waals surface area contributed by atoms with E-state index in [4.69, 9.17) is 4.42 Å². The summed E-state index contributed by atoms with van der Waals surface area (Å²) in [5.74, 6) is -2.19. The molecule has 1 aromatic carbocycles. The van der Waals surface area contributed by atoms with Crippen LogP contribution in [0.15, 0.2) is 22.6 Å². The normalized spacial score (nSPS) is 10.6. The van der Waals surface area contributed by atoms with Gasteiger partial charge in [0.05, 0.1) is 12.8 Å². The Kier molecular flexibility index (Phi) is 4.12. The predicted molar refractivity (Wildman–Crippen MR) is 67.2 cm³/mol. The molecular weight excluding hydrogens is 268 g/mol. The lowest BCUT2D eigenvalue weighted by Gasteiger charge is -1.97. The molecule has 4 nitrogen and oxygen atoms in total. The second-order valence-corrected chi connectivity index (χ2v) is 4.19. The van der Waals surface area contributed by atoms with Gasteiger partial charge < -0.3 is 9.15 Å². The van der Waals surface area contributed by atoms with Crippen molar-refractivity contribution >= 4 is 5.97 Å². The summed E-state index contributed by atoms with van der Waals surface area (Å²) < 4.78 is 36.3. The van der Waals surface area contributed by atoms with E-state index >= 15 is 0 Å². The first-order valence-electron chi connectivity index (χ1n) is 6.09. The molecule has 2 aromatic rings. The lowest BCUT2D eigenvalue weighted by molar-refractivity contribution is 0.0564. The van der Waals surface area contributed by atoms with E-state index in [1.807, 2.05) is 6.92 Å². The smallest absolute Gasteiger partial charge is 0.376 e. The maximum Gasteiger partial charge on any atom is 0.376 e. The zero-order valence-corrected chi connectivity index (χ0v) is 11.1. The quantitative estimate of drug-likeness (QED) is 0.806. The number of ether oxygens (including phenoxy) is 1. The standard InChI is InChI=1S/C14H13F2NO3/c1-3-4-11-12(14(18)19-2)20-13(17-11)8-5-9(15)7-10(16)6-8/h5-7H,3-4H2,1-2H3. The van der Waals surface area contributed by atoms with Crippen LogP contribution in [0, 0.1) is 11.6 Å². The van der Waals surface area contributed by atoms with Gasteiger partial charge in [0.25, 0.3) is 0 Å². The summed E-state index contributed by atoms with van der Waals surface area (Å²) in [6, 6.07) is 2.93. The monoisotopic (exact) mass is 281 g/mol. The van der Waals surface area contributed by atoms with E-state index in [0.717, 1.165) is 24.6 Å². The van der Waals surface area contributed by atoms with Crippen molar-refractivity contribution in [2.75, 3.05) is 7.11 Å². The van der Waals surface area contributed by atoms with E-state index in [9.17, 15) is 13.6 Å². The van der Waals surface area contributed by atoms with E-state index in [0.29, 0.717) is 12.1 Å². The first kappa shape index (κ1) is 14.2. The number of aromatic nitrogens is 1. The lowest BCUT2D eigenvalue weighted by atomic mass is 10.2. The van der Waals surface area contributed by atoms with Crippen LogP contribution < -0.4 is 0 Å². The van der Waals surface area contributed by atoms with E-state index in [1.54, 1.807) is 0 Å². The van der Waals surface area contributed by atoms with Crippen molar-refractivity contribution in [1.82, 2.24) is 4.98 Å². The molecule has 1 heterocycles. The highest BCUT2D eigenvalue weighted by atomic mass is 19.1. The summed E-state index contributed by atoms with van der Waals surface area (Å²) in [4.78, 5) is 15.7. The number of benzene rings is 1. The highest BCUT2D eigenvalue weighted by Gasteiger charge is 2.21. The number of rotatable bonds is 4. The van der Waals surface area contributed by atoms with Crippen LogP contribution >= 0.6 is 0 Å². The van der Waals surface area contributed by atoms with Crippen molar-refractivity contribution in [3.05, 3.63) is 41.3 Å². The Morgan fingerprint density at radius 2 is 1.95 bits per heavy atom. The van der Waals surface area contributed by atoms with Gasteiger partial charge in [-0.3, -0.25) is 0 Å². The highest BCUT2D eigenvalue weighted by Crippen LogP contribution is 2.25. The molecule has 0 saturated carbocycles. The molecule has 0 saturated heterocycles. The number of hydrogen-bond donors (Lipinski definition) is 0. The molecule has 106 valence electrons. The van der Waals surface area contributed by atoms with Gasteiger partial charge in [0, 0.05) is 11.6 Å². The van der Waals surface area contributed by atoms with Crippen LogP contribution in [-0.4, -0.2) is 18.1 Å². The molecule has 0 fully saturated rings. The molecule has 6 heteroatoms. The van der Waals surface area contributed by atoms with E-state index in [2.05, 4.69) is 9.72 Å². The van der Waals surface area contributed by atoms with Gasteiger partial charge in [-0.05, 0) is 18.6 Å². The van der Waals surface area contributed by atoms with Gasteiger partial charge in [-0.1, -0.05) is 13.3 Å². The number of hydrogen-bond acceptors (Lipinski definition) is 4. The number of methoxy groups -OCH3 is 1. The molecule has 0 atom stereocenters. The van der Waals surface area contributed by atoms with E-state index in [-0.39, 0.29) is 17.2 Å². The zero-order valence-electron chi connectivity index (χ0n) is 11.1. The Hall–Kier alpha value is -2.24. The van der Waals surface area contributed by atoms with Crippen molar-refractivity contribution in [3.63, 3.8) is 0 Å². The second kappa shape index (κ2) is 5.81. The summed E-state index contributed by atoms with van der Waals surface area (Å²) in [5.41, 5.74) is 0.550. The molecule has 0 unspecified atom stereocenters. The van der Waals surface area contributed by atoms with Crippen LogP contribution in [0.3, 0.4) is 0 Å². The van der Waals surface area contributed by atoms with E-state index < -0.39 is 17.6 Å². The van der Waals surface area contributed by atoms with Crippen molar-refractivity contribution < 1.29 is 22.7 Å². The Bertz CT molecular complexity index is 617. The second-order valence-electron chi connectivity index (χ2n) is 4.19. The molecule has 0 aliphatic carbocycles. The minimum Gasteiger partial charge on any atom is -0.463 e. The number of halogens is 2. The largest absolute Gasteiger partial charge is 0.463 e. The number of esters is 1. The van der Waals surface area contributed by atoms with Crippen LogP contribution in [0.5, 0.6) is 0 Å². The number of oxazole rings is 1. The van der Waals surface area contributed by atoms with Crippen molar-refractivity contribution in [1.29, 1.82) is 0 Å². The van der Waals surface area contributed by atoms with Gasteiger partial charge in [0.2, 0.25) is 11.7 Å². The molecule has 1 aromatic heterocycles. The average Bonchev–Trinajstić information content (AvgIpc) is 2.81. The maximum atomic E-state index is 13.2. The molecule has 0 amide bonds. The first-order valence-corrected chi connectivity index (χ1v) is 6.09. The van der Waals surface area contributed by atoms with Gasteiger partial charge in [-0.15, -0.1) is 0 Å². The molecular formula is C14H13F2NO3. The minimum atomic E-state index is -0.741. The Morgan fingerprint density at radius 1 is 1.30 bits per heavy atom. The van der Waals surface area contributed by atoms with Crippen molar-refractivity contribution in [2.45, 2.75) is 19.8 Å². The summed E-state index contributed by atoms with van der Waals surface area (Å²) in [7, 11) is 1.22. The molecule has 0 aliphatic rings. The Labute approximate surface area is 114 Å². The molecule has 0 N–H and O–H groups in total. The number of nitrogens with zero attached hydrogens (tertiary/aromatic N) is 1. The predicted octanol–water partition coefficient (Wildman–Crippen LogP) is 3.36. The van der Waals surface area contributed by atoms with Crippen LogP contribution in [0.4, 0.5) is 8.78 Å². The average molecular weight is 281 g/mol. The zero-order chi connectivity index (χ0) is 14.7. The van der Waals surface area contributed by atoms with Gasteiger partial charge in [0.1, 0.15) is 11.6 Å². The molecule has 0 radical (unpaired) electrons. The molecule has 0 aliphatic heterocycles. The summed E-state index contributed by atoms with van der Waals surface area (Å²) in [6.07, 6.45) is 1.25. The molecule has 20 heavy (non-hydrogen) atoms. The summed E-state index contributed by atoms with van der Waals surface area (Å²) in [5, 5.41) is 0. The molecule has 2 rings (SSSR count). The summed E-state index contributed by atoms with van der Waals surface area (Å²) in [6.45, 7) is 1.91. The fourth-order valence-corrected chi connectivity index (χ4v) is 1.81. The fraction of sp³-hybridized carbons (Fsp3) is 0.286. The number of carbonyl (C=O) groups excluding carboxylic acids is 1. The molecule has 0 spiro atoms. The van der Waals surface area contributed by atoms with Gasteiger partial charge in [-0.2, -0.15) is 0 Å². The van der Waals surface area contributed by atoms with Gasteiger partial charge in [0.15, 0.2) is 0 Å². The third kappa shape index (κ3) is 2.84. The fourth-order valence-electron chi connectivity index (χ4n) is 1.81. The highest BCUT2D eigenvalue weighted by molar-refractivity contribution is 5.87. The van der Waals surface area contributed by atoms with Crippen LogP contribution in [0.1, 0.15) is 29.6 Å². The Balaban J connectivity index is 2.49. The minimum absolute atomic E-state index is 0.00718. The van der Waals surface area contributed by atoms with Crippen LogP contribution in [0.2, 0.25) is 0 Å². The Morgan fingerprint density at radius 3 is 2.50 bits per heavy atom. The van der Waals surface area contributed by atoms with Gasteiger partial charge >= 0.3 is 5.97 Å². The van der Waals surface area contributed by atoms with Crippen LogP contribution in [-0.2, 0) is 11.2 Å². The third-order valence-corrected chi connectivity index (χ3v) is 2.66. The van der Waals surface area contributed by atoms with E-state index in [1.165, 1.54) is 7.11 Å². The van der Waals surface area contributed by atoms with Crippen molar-refractivity contribution in [2.24, 2.45) is 0 Å². The SMILES string of the molecule is CCCc1nc(-c2cc(F)cc(F)c2)oc1C(=O)OC. The number of carbonyl (C=O) groups is 1. The van der Waals surface area contributed by atoms with Crippen molar-refractivity contribution in [3.8, 4) is 11.5 Å². The topological polar surface area (TPSA) is 52.3 Å². The van der Waals surface area contributed by atoms with Crippen LogP contribution in [0.25, 0.3) is 11.5 Å².